The van der Waals surface area contributed by atoms with Gasteiger partial charge in [-0.1, -0.05) is 11.8 Å². The van der Waals surface area contributed by atoms with Crippen LogP contribution in [0.5, 0.6) is 0 Å². The molecule has 0 unspecified atom stereocenters. The fourth-order valence-electron chi connectivity index (χ4n) is 1.73. The third kappa shape index (κ3) is 3.35. The van der Waals surface area contributed by atoms with Gasteiger partial charge in [0, 0.05) is 30.7 Å². The Morgan fingerprint density at radius 2 is 2.19 bits per heavy atom. The first kappa shape index (κ1) is 11.7. The Morgan fingerprint density at radius 1 is 1.44 bits per heavy atom. The number of nitrogens with two attached hydrogens (primary N) is 1. The van der Waals surface area contributed by atoms with Crippen molar-refractivity contribution in [3.05, 3.63) is 11.8 Å². The summed E-state index contributed by atoms with van der Waals surface area (Å²) in [6.45, 7) is 3.72. The highest BCUT2D eigenvalue weighted by molar-refractivity contribution is 7.99. The average Bonchev–Trinajstić information content (AvgIpc) is 2.27. The second-order valence-electron chi connectivity index (χ2n) is 4.08. The first-order valence-corrected chi connectivity index (χ1v) is 6.54. The van der Waals surface area contributed by atoms with Crippen molar-refractivity contribution in [3.8, 4) is 0 Å². The van der Waals surface area contributed by atoms with E-state index in [1.54, 1.807) is 17.8 Å². The minimum Gasteiger partial charge on any atom is -0.384 e. The van der Waals surface area contributed by atoms with Gasteiger partial charge in [-0.05, 0) is 25.7 Å². The lowest BCUT2D eigenvalue weighted by Crippen LogP contribution is -2.17. The van der Waals surface area contributed by atoms with Crippen LogP contribution < -0.4 is 5.73 Å². The van der Waals surface area contributed by atoms with Gasteiger partial charge < -0.3 is 10.5 Å². The predicted molar refractivity (Wildman–Crippen MR) is 65.4 cm³/mol. The minimum atomic E-state index is 0.557. The highest BCUT2D eigenvalue weighted by atomic mass is 32.2. The van der Waals surface area contributed by atoms with Gasteiger partial charge in [0.2, 0.25) is 0 Å². The van der Waals surface area contributed by atoms with Gasteiger partial charge in [-0.2, -0.15) is 0 Å². The van der Waals surface area contributed by atoms with E-state index in [1.807, 2.05) is 6.92 Å². The molecule has 0 amide bonds. The van der Waals surface area contributed by atoms with Gasteiger partial charge >= 0.3 is 0 Å². The molecule has 1 aliphatic rings. The molecule has 2 N–H and O–H groups in total. The number of hydrogen-bond donors (Lipinski definition) is 1. The van der Waals surface area contributed by atoms with Crippen molar-refractivity contribution in [2.24, 2.45) is 5.92 Å². The van der Waals surface area contributed by atoms with Crippen molar-refractivity contribution in [1.29, 1.82) is 0 Å². The zero-order valence-electron chi connectivity index (χ0n) is 9.48. The van der Waals surface area contributed by atoms with Crippen molar-refractivity contribution in [1.82, 2.24) is 9.97 Å². The monoisotopic (exact) mass is 239 g/mol. The lowest BCUT2D eigenvalue weighted by atomic mass is 10.0. The standard InChI is InChI=1S/C11H17N3OS/c1-8-6-10(12)14-11(13-8)16-7-9-2-4-15-5-3-9/h6,9H,2-5,7H2,1H3,(H2,12,13,14). The van der Waals surface area contributed by atoms with E-state index in [2.05, 4.69) is 9.97 Å². The molecule has 0 aliphatic carbocycles. The summed E-state index contributed by atoms with van der Waals surface area (Å²) in [5.41, 5.74) is 6.62. The van der Waals surface area contributed by atoms with Gasteiger partial charge in [0.25, 0.3) is 0 Å². The minimum absolute atomic E-state index is 0.557. The van der Waals surface area contributed by atoms with Crippen LogP contribution >= 0.6 is 11.8 Å². The highest BCUT2D eigenvalue weighted by Gasteiger charge is 2.14. The van der Waals surface area contributed by atoms with Crippen molar-refractivity contribution in [3.63, 3.8) is 0 Å². The molecule has 0 aromatic carbocycles. The van der Waals surface area contributed by atoms with Crippen LogP contribution in [0.4, 0.5) is 5.82 Å². The number of aryl methyl sites for hydroxylation is 1. The third-order valence-electron chi connectivity index (χ3n) is 2.64. The number of hydrogen-bond acceptors (Lipinski definition) is 5. The van der Waals surface area contributed by atoms with Crippen LogP contribution in [0.3, 0.4) is 0 Å². The Morgan fingerprint density at radius 3 is 2.88 bits per heavy atom. The lowest BCUT2D eigenvalue weighted by molar-refractivity contribution is 0.0728. The second-order valence-corrected chi connectivity index (χ2v) is 5.07. The number of rotatable bonds is 3. The lowest BCUT2D eigenvalue weighted by Gasteiger charge is -2.21. The largest absolute Gasteiger partial charge is 0.384 e. The maximum Gasteiger partial charge on any atom is 0.189 e. The first-order valence-electron chi connectivity index (χ1n) is 5.56. The van der Waals surface area contributed by atoms with E-state index < -0.39 is 0 Å². The van der Waals surface area contributed by atoms with Crippen molar-refractivity contribution >= 4 is 17.6 Å². The number of ether oxygens (including phenoxy) is 1. The molecule has 2 rings (SSSR count). The summed E-state index contributed by atoms with van der Waals surface area (Å²) < 4.78 is 5.33. The molecule has 0 atom stereocenters. The summed E-state index contributed by atoms with van der Waals surface area (Å²) in [5.74, 6) is 2.35. The summed E-state index contributed by atoms with van der Waals surface area (Å²) in [5, 5.41) is 0.795. The SMILES string of the molecule is Cc1cc(N)nc(SCC2CCOCC2)n1. The number of aromatic nitrogens is 2. The van der Waals surface area contributed by atoms with E-state index in [1.165, 1.54) is 0 Å². The average molecular weight is 239 g/mol. The summed E-state index contributed by atoms with van der Waals surface area (Å²) >= 11 is 1.70. The number of anilines is 1. The van der Waals surface area contributed by atoms with Gasteiger partial charge in [0.15, 0.2) is 5.16 Å². The molecule has 0 bridgehead atoms. The Bertz CT molecular complexity index is 333. The molecule has 4 nitrogen and oxygen atoms in total. The molecule has 5 heteroatoms. The Labute approximate surface area is 100.0 Å². The molecular weight excluding hydrogens is 222 g/mol. The molecule has 2 heterocycles. The smallest absolute Gasteiger partial charge is 0.189 e. The van der Waals surface area contributed by atoms with E-state index in [0.717, 1.165) is 48.6 Å². The summed E-state index contributed by atoms with van der Waals surface area (Å²) in [7, 11) is 0. The molecule has 1 fully saturated rings. The van der Waals surface area contributed by atoms with Crippen LogP contribution in [-0.4, -0.2) is 28.9 Å². The molecule has 0 saturated carbocycles. The first-order chi connectivity index (χ1) is 7.74. The second kappa shape index (κ2) is 5.50. The van der Waals surface area contributed by atoms with Gasteiger partial charge in [-0.15, -0.1) is 0 Å². The van der Waals surface area contributed by atoms with E-state index >= 15 is 0 Å². The number of nitrogens with zero attached hydrogens (tertiary/aromatic N) is 2. The zero-order chi connectivity index (χ0) is 11.4. The number of thioether (sulfide) groups is 1. The molecule has 1 aromatic heterocycles. The molecule has 1 saturated heterocycles. The van der Waals surface area contributed by atoms with Gasteiger partial charge in [0.1, 0.15) is 5.82 Å². The maximum atomic E-state index is 5.68. The zero-order valence-corrected chi connectivity index (χ0v) is 10.3. The Balaban J connectivity index is 1.88. The third-order valence-corrected chi connectivity index (χ3v) is 3.72. The fraction of sp³-hybridized carbons (Fsp3) is 0.636. The summed E-state index contributed by atoms with van der Waals surface area (Å²) in [4.78, 5) is 8.58. The van der Waals surface area contributed by atoms with Crippen LogP contribution in [0.2, 0.25) is 0 Å². The molecule has 1 aliphatic heterocycles. The van der Waals surface area contributed by atoms with E-state index in [-0.39, 0.29) is 0 Å². The van der Waals surface area contributed by atoms with Crippen LogP contribution in [-0.2, 0) is 4.74 Å². The van der Waals surface area contributed by atoms with Crippen LogP contribution in [0.1, 0.15) is 18.5 Å². The molecule has 88 valence electrons. The molecule has 0 spiro atoms. The van der Waals surface area contributed by atoms with Crippen LogP contribution in [0, 0.1) is 12.8 Å². The van der Waals surface area contributed by atoms with Crippen molar-refractivity contribution in [2.45, 2.75) is 24.9 Å². The van der Waals surface area contributed by atoms with Gasteiger partial charge in [-0.25, -0.2) is 9.97 Å². The van der Waals surface area contributed by atoms with Gasteiger partial charge in [0.05, 0.1) is 0 Å². The fourth-order valence-corrected chi connectivity index (χ4v) is 2.83. The summed E-state index contributed by atoms with van der Waals surface area (Å²) in [6, 6.07) is 1.79. The van der Waals surface area contributed by atoms with E-state index in [9.17, 15) is 0 Å². The molecule has 16 heavy (non-hydrogen) atoms. The Hall–Kier alpha value is -0.810. The predicted octanol–water partition coefficient (Wildman–Crippen LogP) is 1.89. The maximum absolute atomic E-state index is 5.68. The van der Waals surface area contributed by atoms with E-state index in [4.69, 9.17) is 10.5 Å². The van der Waals surface area contributed by atoms with Crippen LogP contribution in [0.25, 0.3) is 0 Å². The van der Waals surface area contributed by atoms with Gasteiger partial charge in [-0.3, -0.25) is 0 Å². The topological polar surface area (TPSA) is 61.0 Å². The van der Waals surface area contributed by atoms with Crippen LogP contribution in [0.15, 0.2) is 11.2 Å². The molecule has 1 aromatic rings. The van der Waals surface area contributed by atoms with E-state index in [0.29, 0.717) is 5.82 Å². The normalized spacial score (nSPS) is 17.6. The molecular formula is C11H17N3OS. The number of nitrogen functional groups attached to an aromatic ring is 1. The quantitative estimate of drug-likeness (QED) is 0.644. The van der Waals surface area contributed by atoms with Crippen molar-refractivity contribution < 1.29 is 4.74 Å². The highest BCUT2D eigenvalue weighted by Crippen LogP contribution is 2.24. The summed E-state index contributed by atoms with van der Waals surface area (Å²) in [6.07, 6.45) is 2.29. The van der Waals surface area contributed by atoms with Crippen molar-refractivity contribution in [2.75, 3.05) is 24.7 Å². The molecule has 0 radical (unpaired) electrons. The Kier molecular flexibility index (Phi) is 4.01.